The average molecular weight is 334 g/mol. The van der Waals surface area contributed by atoms with Gasteiger partial charge in [0, 0.05) is 33.6 Å². The van der Waals surface area contributed by atoms with E-state index in [4.69, 9.17) is 0 Å². The Labute approximate surface area is 142 Å². The minimum Gasteiger partial charge on any atom is -0.508 e. The number of aromatic amines is 1. The van der Waals surface area contributed by atoms with Crippen LogP contribution >= 0.6 is 11.3 Å². The number of nitrogens with zero attached hydrogens (tertiary/aromatic N) is 2. The van der Waals surface area contributed by atoms with Crippen molar-refractivity contribution in [1.29, 1.82) is 0 Å². The zero-order chi connectivity index (χ0) is 16.4. The third-order valence-corrected chi connectivity index (χ3v) is 4.40. The first-order valence-electron chi connectivity index (χ1n) is 7.40. The first kappa shape index (κ1) is 14.5. The lowest BCUT2D eigenvalue weighted by Gasteiger charge is -1.96. The highest BCUT2D eigenvalue weighted by Gasteiger charge is 2.04. The maximum Gasteiger partial charge on any atom is 0.203 e. The molecule has 0 aliphatic carbocycles. The molecule has 4 aromatic rings. The molecule has 0 amide bonds. The number of anilines is 1. The van der Waals surface area contributed by atoms with Gasteiger partial charge in [-0.3, -0.25) is 5.43 Å². The number of para-hydroxylation sites is 1. The topological polar surface area (TPSA) is 73.3 Å². The summed E-state index contributed by atoms with van der Waals surface area (Å²) in [7, 11) is 0. The van der Waals surface area contributed by atoms with Gasteiger partial charge in [0.25, 0.3) is 0 Å². The zero-order valence-electron chi connectivity index (χ0n) is 12.6. The molecule has 0 fully saturated rings. The van der Waals surface area contributed by atoms with Gasteiger partial charge >= 0.3 is 0 Å². The van der Waals surface area contributed by atoms with E-state index in [-0.39, 0.29) is 5.75 Å². The summed E-state index contributed by atoms with van der Waals surface area (Å²) in [5.41, 5.74) is 6.88. The molecule has 0 atom stereocenters. The summed E-state index contributed by atoms with van der Waals surface area (Å²) in [6.45, 7) is 0. The summed E-state index contributed by atoms with van der Waals surface area (Å²) in [5.74, 6) is 0.246. The molecule has 2 aromatic heterocycles. The van der Waals surface area contributed by atoms with Gasteiger partial charge in [0.1, 0.15) is 5.75 Å². The van der Waals surface area contributed by atoms with E-state index in [1.165, 1.54) is 11.3 Å². The van der Waals surface area contributed by atoms with Crippen LogP contribution in [0.25, 0.3) is 22.2 Å². The molecule has 0 spiro atoms. The Morgan fingerprint density at radius 1 is 1.12 bits per heavy atom. The predicted octanol–water partition coefficient (Wildman–Crippen LogP) is 4.44. The Balaban J connectivity index is 1.49. The van der Waals surface area contributed by atoms with Crippen molar-refractivity contribution in [3.63, 3.8) is 0 Å². The number of hydrazone groups is 1. The molecule has 0 aliphatic heterocycles. The maximum atomic E-state index is 9.34. The highest BCUT2D eigenvalue weighted by Crippen LogP contribution is 2.26. The van der Waals surface area contributed by atoms with E-state index >= 15 is 0 Å². The second kappa shape index (κ2) is 6.17. The number of hydrogen-bond donors (Lipinski definition) is 3. The number of hydrogen-bond acceptors (Lipinski definition) is 5. The fraction of sp³-hybridized carbons (Fsp3) is 0. The highest BCUT2D eigenvalue weighted by atomic mass is 32.1. The number of aromatic hydroxyl groups is 1. The second-order valence-electron chi connectivity index (χ2n) is 5.24. The summed E-state index contributed by atoms with van der Waals surface area (Å²) in [5, 5.41) is 17.4. The molecule has 0 unspecified atom stereocenters. The molecule has 3 N–H and O–H groups in total. The van der Waals surface area contributed by atoms with Gasteiger partial charge in [-0.2, -0.15) is 5.10 Å². The molecule has 0 bridgehead atoms. The average Bonchev–Trinajstić information content (AvgIpc) is 3.23. The van der Waals surface area contributed by atoms with Gasteiger partial charge in [-0.1, -0.05) is 18.2 Å². The molecule has 0 aliphatic rings. The van der Waals surface area contributed by atoms with E-state index in [0.29, 0.717) is 5.13 Å². The molecule has 2 aromatic carbocycles. The Bertz CT molecular complexity index is 1000. The molecule has 118 valence electrons. The van der Waals surface area contributed by atoms with Crippen LogP contribution in [0.2, 0.25) is 0 Å². The summed E-state index contributed by atoms with van der Waals surface area (Å²) in [6.07, 6.45) is 3.71. The summed E-state index contributed by atoms with van der Waals surface area (Å²) in [6, 6.07) is 15.1. The molecule has 0 saturated heterocycles. The lowest BCUT2D eigenvalue weighted by atomic mass is 10.2. The van der Waals surface area contributed by atoms with Gasteiger partial charge in [0.2, 0.25) is 5.13 Å². The van der Waals surface area contributed by atoms with E-state index in [1.807, 2.05) is 41.9 Å². The van der Waals surface area contributed by atoms with E-state index in [2.05, 4.69) is 26.6 Å². The lowest BCUT2D eigenvalue weighted by Crippen LogP contribution is -1.89. The van der Waals surface area contributed by atoms with Gasteiger partial charge in [0.15, 0.2) is 0 Å². The lowest BCUT2D eigenvalue weighted by molar-refractivity contribution is 0.475. The first-order chi connectivity index (χ1) is 11.8. The largest absolute Gasteiger partial charge is 0.508 e. The van der Waals surface area contributed by atoms with E-state index in [9.17, 15) is 5.11 Å². The van der Waals surface area contributed by atoms with Crippen molar-refractivity contribution in [2.75, 3.05) is 5.43 Å². The van der Waals surface area contributed by atoms with Gasteiger partial charge in [-0.15, -0.1) is 11.3 Å². The monoisotopic (exact) mass is 334 g/mol. The number of phenols is 1. The van der Waals surface area contributed by atoms with Crippen molar-refractivity contribution in [3.05, 3.63) is 65.7 Å². The fourth-order valence-corrected chi connectivity index (χ4v) is 3.12. The van der Waals surface area contributed by atoms with Crippen molar-refractivity contribution in [1.82, 2.24) is 9.97 Å². The summed E-state index contributed by atoms with van der Waals surface area (Å²) in [4.78, 5) is 7.71. The van der Waals surface area contributed by atoms with Crippen molar-refractivity contribution in [3.8, 4) is 17.0 Å². The van der Waals surface area contributed by atoms with E-state index in [1.54, 1.807) is 18.3 Å². The molecule has 0 radical (unpaired) electrons. The quantitative estimate of drug-likeness (QED) is 0.381. The van der Waals surface area contributed by atoms with Crippen LogP contribution in [0, 0.1) is 0 Å². The molecule has 5 nitrogen and oxygen atoms in total. The molecular weight excluding hydrogens is 320 g/mol. The Morgan fingerprint density at radius 3 is 2.83 bits per heavy atom. The van der Waals surface area contributed by atoms with Crippen LogP contribution in [0.3, 0.4) is 0 Å². The third kappa shape index (κ3) is 2.87. The predicted molar refractivity (Wildman–Crippen MR) is 98.7 cm³/mol. The molecular formula is C18H14N4OS. The van der Waals surface area contributed by atoms with Crippen LogP contribution < -0.4 is 5.43 Å². The first-order valence-corrected chi connectivity index (χ1v) is 8.28. The number of phenolic OH excluding ortho intramolecular Hbond substituents is 1. The summed E-state index contributed by atoms with van der Waals surface area (Å²) >= 11 is 1.48. The Hall–Kier alpha value is -3.12. The van der Waals surface area contributed by atoms with Crippen molar-refractivity contribution in [2.45, 2.75) is 0 Å². The minimum atomic E-state index is 0.246. The smallest absolute Gasteiger partial charge is 0.203 e. The third-order valence-electron chi connectivity index (χ3n) is 3.65. The minimum absolute atomic E-state index is 0.246. The molecule has 6 heteroatoms. The Kier molecular flexibility index (Phi) is 3.72. The fourth-order valence-electron chi connectivity index (χ4n) is 2.45. The summed E-state index contributed by atoms with van der Waals surface area (Å²) < 4.78 is 0. The van der Waals surface area contributed by atoms with E-state index in [0.717, 1.165) is 27.7 Å². The molecule has 24 heavy (non-hydrogen) atoms. The molecule has 2 heterocycles. The molecule has 0 saturated carbocycles. The van der Waals surface area contributed by atoms with Gasteiger partial charge in [-0.05, 0) is 30.3 Å². The number of fused-ring (bicyclic) bond motifs is 1. The van der Waals surface area contributed by atoms with Crippen LogP contribution in [-0.4, -0.2) is 21.3 Å². The number of benzene rings is 2. The maximum absolute atomic E-state index is 9.34. The van der Waals surface area contributed by atoms with Crippen molar-refractivity contribution >= 4 is 33.6 Å². The number of thiazole rings is 1. The van der Waals surface area contributed by atoms with Crippen molar-refractivity contribution in [2.24, 2.45) is 5.10 Å². The van der Waals surface area contributed by atoms with Crippen molar-refractivity contribution < 1.29 is 5.11 Å². The highest BCUT2D eigenvalue weighted by molar-refractivity contribution is 7.14. The Morgan fingerprint density at radius 2 is 1.96 bits per heavy atom. The second-order valence-corrected chi connectivity index (χ2v) is 6.10. The number of rotatable bonds is 4. The van der Waals surface area contributed by atoms with Gasteiger partial charge < -0.3 is 10.1 Å². The van der Waals surface area contributed by atoms with E-state index < -0.39 is 0 Å². The standard InChI is InChI=1S/C18H14N4OS/c23-14-7-5-12(6-8-14)17-11-24-18(21-17)22-20-10-13-9-19-16-4-2-1-3-15(13)16/h1-11,19,23H,(H,21,22). The number of aromatic nitrogens is 2. The normalized spacial score (nSPS) is 11.3. The van der Waals surface area contributed by atoms with Gasteiger partial charge in [0.05, 0.1) is 11.9 Å². The molecule has 4 rings (SSSR count). The van der Waals surface area contributed by atoms with Crippen LogP contribution in [0.15, 0.2) is 65.2 Å². The van der Waals surface area contributed by atoms with Crippen LogP contribution in [0.5, 0.6) is 5.75 Å². The van der Waals surface area contributed by atoms with Crippen LogP contribution in [0.4, 0.5) is 5.13 Å². The number of nitrogens with one attached hydrogen (secondary N) is 2. The SMILES string of the molecule is Oc1ccc(-c2csc(NN=Cc3c[nH]c4ccccc34)n2)cc1. The van der Waals surface area contributed by atoms with Gasteiger partial charge in [-0.25, -0.2) is 4.98 Å². The van der Waals surface area contributed by atoms with Crippen LogP contribution in [-0.2, 0) is 0 Å². The van der Waals surface area contributed by atoms with Crippen LogP contribution in [0.1, 0.15) is 5.56 Å². The number of H-pyrrole nitrogens is 1. The zero-order valence-corrected chi connectivity index (χ0v) is 13.4.